The first-order chi connectivity index (χ1) is 13.2. The van der Waals surface area contributed by atoms with Crippen molar-refractivity contribution in [2.24, 2.45) is 4.99 Å². The summed E-state index contributed by atoms with van der Waals surface area (Å²) in [5.41, 5.74) is 2.06. The van der Waals surface area contributed by atoms with Crippen LogP contribution in [0.4, 0.5) is 0 Å². The number of nitrogens with zero attached hydrogens (tertiary/aromatic N) is 3. The first-order valence-electron chi connectivity index (χ1n) is 9.47. The molecule has 2 N–H and O–H groups in total. The van der Waals surface area contributed by atoms with Gasteiger partial charge in [0.05, 0.1) is 12.2 Å². The van der Waals surface area contributed by atoms with Crippen LogP contribution in [-0.4, -0.2) is 47.9 Å². The van der Waals surface area contributed by atoms with E-state index in [2.05, 4.69) is 32.7 Å². The Labute approximate surface area is 188 Å². The van der Waals surface area contributed by atoms with Crippen molar-refractivity contribution in [2.75, 3.05) is 26.2 Å². The minimum absolute atomic E-state index is 0. The molecular weight excluding hydrogens is 485 g/mol. The third-order valence-electron chi connectivity index (χ3n) is 4.06. The Morgan fingerprint density at radius 2 is 1.86 bits per heavy atom. The van der Waals surface area contributed by atoms with E-state index in [1.54, 1.807) is 11.3 Å². The van der Waals surface area contributed by atoms with Crippen LogP contribution in [0.1, 0.15) is 32.9 Å². The van der Waals surface area contributed by atoms with Crippen LogP contribution in [0.5, 0.6) is 0 Å². The number of hydrogen-bond acceptors (Lipinski definition) is 4. The number of thiazole rings is 1. The van der Waals surface area contributed by atoms with Gasteiger partial charge in [0.2, 0.25) is 5.91 Å². The van der Waals surface area contributed by atoms with Gasteiger partial charge in [-0.15, -0.1) is 35.3 Å². The van der Waals surface area contributed by atoms with Crippen molar-refractivity contribution in [2.45, 2.75) is 33.7 Å². The van der Waals surface area contributed by atoms with E-state index in [1.807, 2.05) is 49.3 Å². The van der Waals surface area contributed by atoms with E-state index < -0.39 is 0 Å². The maximum absolute atomic E-state index is 12.1. The molecule has 0 saturated carbocycles. The highest BCUT2D eigenvalue weighted by Crippen LogP contribution is 2.23. The zero-order valence-electron chi connectivity index (χ0n) is 16.8. The Morgan fingerprint density at radius 3 is 2.50 bits per heavy atom. The zero-order chi connectivity index (χ0) is 19.5. The molecule has 0 radical (unpaired) electrons. The summed E-state index contributed by atoms with van der Waals surface area (Å²) in [6.07, 6.45) is 0.459. The minimum Gasteiger partial charge on any atom is -0.357 e. The van der Waals surface area contributed by atoms with Crippen LogP contribution in [0.2, 0.25) is 0 Å². The molecule has 0 unspecified atom stereocenters. The van der Waals surface area contributed by atoms with Gasteiger partial charge in [-0.1, -0.05) is 30.3 Å². The van der Waals surface area contributed by atoms with Gasteiger partial charge in [0.1, 0.15) is 5.01 Å². The fourth-order valence-electron chi connectivity index (χ4n) is 2.62. The monoisotopic (exact) mass is 515 g/mol. The Kier molecular flexibility index (Phi) is 11.7. The van der Waals surface area contributed by atoms with Gasteiger partial charge in [-0.3, -0.25) is 4.79 Å². The molecular formula is C20H30IN5OS. The standard InChI is InChI=1S/C20H29N5OS.HI/c1-4-21-20(22-13-12-18(26)25(5-2)6-3)23-14-17-15-27-19(24-17)16-10-8-7-9-11-16;/h7-11,15H,4-6,12-14H2,1-3H3,(H2,21,22,23);1H. The molecule has 6 nitrogen and oxygen atoms in total. The SMILES string of the molecule is CCNC(=NCc1csc(-c2ccccc2)n1)NCCC(=O)N(CC)CC.I. The summed E-state index contributed by atoms with van der Waals surface area (Å²) in [5.74, 6) is 0.870. The lowest BCUT2D eigenvalue weighted by molar-refractivity contribution is -0.130. The Morgan fingerprint density at radius 1 is 1.14 bits per heavy atom. The van der Waals surface area contributed by atoms with Crippen LogP contribution in [0.3, 0.4) is 0 Å². The van der Waals surface area contributed by atoms with Gasteiger partial charge in [-0.05, 0) is 20.8 Å². The van der Waals surface area contributed by atoms with Crippen LogP contribution < -0.4 is 10.6 Å². The normalized spacial score (nSPS) is 10.9. The number of halogens is 1. The topological polar surface area (TPSA) is 69.6 Å². The highest BCUT2D eigenvalue weighted by Gasteiger charge is 2.09. The van der Waals surface area contributed by atoms with Gasteiger partial charge in [-0.2, -0.15) is 0 Å². The summed E-state index contributed by atoms with van der Waals surface area (Å²) in [6.45, 7) is 9.34. The Hall–Kier alpha value is -1.68. The third kappa shape index (κ3) is 7.75. The van der Waals surface area contributed by atoms with Gasteiger partial charge in [0.25, 0.3) is 0 Å². The van der Waals surface area contributed by atoms with Gasteiger partial charge in [0.15, 0.2) is 5.96 Å². The second-order valence-corrected chi connectivity index (χ2v) is 6.81. The van der Waals surface area contributed by atoms with Crippen LogP contribution in [0.25, 0.3) is 10.6 Å². The fraction of sp³-hybridized carbons (Fsp3) is 0.450. The maximum Gasteiger partial charge on any atom is 0.224 e. The Bertz CT molecular complexity index is 731. The van der Waals surface area contributed by atoms with E-state index in [0.29, 0.717) is 25.5 Å². The second-order valence-electron chi connectivity index (χ2n) is 5.95. The predicted octanol–water partition coefficient (Wildman–Crippen LogP) is 3.74. The Balaban J connectivity index is 0.00000392. The maximum atomic E-state index is 12.1. The first-order valence-corrected chi connectivity index (χ1v) is 10.4. The molecule has 1 aromatic heterocycles. The highest BCUT2D eigenvalue weighted by molar-refractivity contribution is 14.0. The molecule has 2 aromatic rings. The minimum atomic E-state index is 0. The van der Waals surface area contributed by atoms with E-state index in [9.17, 15) is 4.79 Å². The molecule has 2 rings (SSSR count). The molecule has 0 saturated heterocycles. The van der Waals surface area contributed by atoms with Crippen molar-refractivity contribution in [3.05, 3.63) is 41.4 Å². The lowest BCUT2D eigenvalue weighted by Gasteiger charge is -2.19. The number of rotatable bonds is 9. The molecule has 0 aliphatic carbocycles. The van der Waals surface area contributed by atoms with Crippen molar-refractivity contribution >= 4 is 47.2 Å². The highest BCUT2D eigenvalue weighted by atomic mass is 127. The average Bonchev–Trinajstić information content (AvgIpc) is 3.17. The van der Waals surface area contributed by atoms with E-state index in [-0.39, 0.29) is 29.9 Å². The smallest absolute Gasteiger partial charge is 0.224 e. The molecule has 154 valence electrons. The average molecular weight is 515 g/mol. The number of carbonyl (C=O) groups excluding carboxylic acids is 1. The number of guanidine groups is 1. The molecule has 0 spiro atoms. The second kappa shape index (κ2) is 13.5. The zero-order valence-corrected chi connectivity index (χ0v) is 19.9. The van der Waals surface area contributed by atoms with E-state index in [0.717, 1.165) is 35.9 Å². The van der Waals surface area contributed by atoms with Crippen LogP contribution in [0.15, 0.2) is 40.7 Å². The van der Waals surface area contributed by atoms with Crippen molar-refractivity contribution in [3.8, 4) is 10.6 Å². The molecule has 28 heavy (non-hydrogen) atoms. The number of carbonyl (C=O) groups is 1. The summed E-state index contributed by atoms with van der Waals surface area (Å²) in [4.78, 5) is 23.2. The van der Waals surface area contributed by atoms with E-state index in [4.69, 9.17) is 0 Å². The van der Waals surface area contributed by atoms with Gasteiger partial charge < -0.3 is 15.5 Å². The number of hydrogen-bond donors (Lipinski definition) is 2. The largest absolute Gasteiger partial charge is 0.357 e. The molecule has 8 heteroatoms. The molecule has 1 amide bonds. The van der Waals surface area contributed by atoms with Crippen molar-refractivity contribution < 1.29 is 4.79 Å². The third-order valence-corrected chi connectivity index (χ3v) is 5.00. The summed E-state index contributed by atoms with van der Waals surface area (Å²) < 4.78 is 0. The first kappa shape index (κ1) is 24.4. The van der Waals surface area contributed by atoms with Gasteiger partial charge in [-0.25, -0.2) is 9.98 Å². The van der Waals surface area contributed by atoms with Gasteiger partial charge in [0, 0.05) is 43.5 Å². The van der Waals surface area contributed by atoms with Crippen LogP contribution in [-0.2, 0) is 11.3 Å². The number of aliphatic imine (C=N–C) groups is 1. The van der Waals surface area contributed by atoms with Crippen molar-refractivity contribution in [3.63, 3.8) is 0 Å². The quantitative estimate of drug-likeness (QED) is 0.303. The number of benzene rings is 1. The molecule has 0 bridgehead atoms. The molecule has 0 aliphatic rings. The van der Waals surface area contributed by atoms with Gasteiger partial charge >= 0.3 is 0 Å². The number of amides is 1. The lowest BCUT2D eigenvalue weighted by atomic mass is 10.2. The van der Waals surface area contributed by atoms with Crippen molar-refractivity contribution in [1.82, 2.24) is 20.5 Å². The number of nitrogens with one attached hydrogen (secondary N) is 2. The fourth-order valence-corrected chi connectivity index (χ4v) is 3.43. The molecule has 0 aliphatic heterocycles. The summed E-state index contributed by atoms with van der Waals surface area (Å²) in [6, 6.07) is 10.2. The molecule has 1 heterocycles. The summed E-state index contributed by atoms with van der Waals surface area (Å²) >= 11 is 1.63. The van der Waals surface area contributed by atoms with Crippen LogP contribution >= 0.6 is 35.3 Å². The summed E-state index contributed by atoms with van der Waals surface area (Å²) in [7, 11) is 0. The number of aromatic nitrogens is 1. The molecule has 0 fully saturated rings. The van der Waals surface area contributed by atoms with Crippen LogP contribution in [0, 0.1) is 0 Å². The van der Waals surface area contributed by atoms with Crippen molar-refractivity contribution in [1.29, 1.82) is 0 Å². The van der Waals surface area contributed by atoms with E-state index in [1.165, 1.54) is 0 Å². The molecule has 1 aromatic carbocycles. The van der Waals surface area contributed by atoms with E-state index >= 15 is 0 Å². The lowest BCUT2D eigenvalue weighted by Crippen LogP contribution is -2.40. The summed E-state index contributed by atoms with van der Waals surface area (Å²) in [5, 5.41) is 9.49. The molecule has 0 atom stereocenters. The predicted molar refractivity (Wildman–Crippen MR) is 128 cm³/mol.